The van der Waals surface area contributed by atoms with Gasteiger partial charge >= 0.3 is 0 Å². The number of hydrogen-bond acceptors (Lipinski definition) is 6. The number of aryl methyl sites for hydroxylation is 1. The smallest absolute Gasteiger partial charge is 0.261 e. The van der Waals surface area contributed by atoms with Crippen molar-refractivity contribution in [2.75, 3.05) is 19.0 Å². The molecule has 6 nitrogen and oxygen atoms in total. The number of nitrogens with zero attached hydrogens (tertiary/aromatic N) is 2. The third-order valence-electron chi connectivity index (χ3n) is 4.43. The van der Waals surface area contributed by atoms with Crippen LogP contribution in [0.1, 0.15) is 34.1 Å². The minimum Gasteiger partial charge on any atom is -0.383 e. The molecule has 142 valence electrons. The molecule has 0 spiro atoms. The number of fused-ring (bicyclic) bond motifs is 1. The Bertz CT molecular complexity index is 911. The van der Waals surface area contributed by atoms with Crippen molar-refractivity contribution in [1.82, 2.24) is 15.3 Å². The van der Waals surface area contributed by atoms with Crippen molar-refractivity contribution in [1.29, 1.82) is 0 Å². The van der Waals surface area contributed by atoms with Gasteiger partial charge in [0.25, 0.3) is 5.91 Å². The van der Waals surface area contributed by atoms with Crippen molar-refractivity contribution < 1.29 is 9.53 Å². The average Bonchev–Trinajstić information content (AvgIpc) is 3.04. The Morgan fingerprint density at radius 2 is 2.04 bits per heavy atom. The van der Waals surface area contributed by atoms with E-state index in [1.807, 2.05) is 37.3 Å². The van der Waals surface area contributed by atoms with Crippen LogP contribution in [0.4, 0.5) is 5.82 Å². The zero-order valence-electron chi connectivity index (χ0n) is 15.8. The van der Waals surface area contributed by atoms with Crippen LogP contribution in [-0.4, -0.2) is 35.6 Å². The molecule has 1 aromatic carbocycles. The largest absolute Gasteiger partial charge is 0.383 e. The molecule has 3 rings (SSSR count). The molecule has 0 radical (unpaired) electrons. The van der Waals surface area contributed by atoms with E-state index < -0.39 is 0 Å². The summed E-state index contributed by atoms with van der Waals surface area (Å²) in [6, 6.07) is 10.0. The molecule has 0 aliphatic heterocycles. The summed E-state index contributed by atoms with van der Waals surface area (Å²) in [5.74, 6) is 0.661. The van der Waals surface area contributed by atoms with Crippen molar-refractivity contribution in [3.8, 4) is 0 Å². The van der Waals surface area contributed by atoms with E-state index in [0.717, 1.165) is 33.6 Å². The highest BCUT2D eigenvalue weighted by Gasteiger charge is 2.20. The van der Waals surface area contributed by atoms with E-state index in [1.54, 1.807) is 7.11 Å². The van der Waals surface area contributed by atoms with Gasteiger partial charge in [0.1, 0.15) is 17.0 Å². The van der Waals surface area contributed by atoms with Gasteiger partial charge < -0.3 is 15.4 Å². The zero-order chi connectivity index (χ0) is 19.2. The predicted molar refractivity (Wildman–Crippen MR) is 109 cm³/mol. The lowest BCUT2D eigenvalue weighted by Crippen LogP contribution is -2.24. The minimum atomic E-state index is -0.0887. The maximum atomic E-state index is 12.7. The first-order valence-electron chi connectivity index (χ1n) is 8.95. The van der Waals surface area contributed by atoms with Crippen LogP contribution >= 0.6 is 11.3 Å². The van der Waals surface area contributed by atoms with E-state index >= 15 is 0 Å². The number of thiophene rings is 1. The number of anilines is 1. The summed E-state index contributed by atoms with van der Waals surface area (Å²) in [6.07, 6.45) is 2.44. The molecule has 0 aliphatic carbocycles. The molecular weight excluding hydrogens is 360 g/mol. The fraction of sp³-hybridized carbons (Fsp3) is 0.350. The molecule has 7 heteroatoms. The van der Waals surface area contributed by atoms with Crippen LogP contribution < -0.4 is 10.6 Å². The molecule has 1 atom stereocenters. The summed E-state index contributed by atoms with van der Waals surface area (Å²) in [7, 11) is 1.69. The molecule has 0 aliphatic rings. The Labute approximate surface area is 163 Å². The van der Waals surface area contributed by atoms with Gasteiger partial charge in [-0.05, 0) is 24.5 Å². The predicted octanol–water partition coefficient (Wildman–Crippen LogP) is 3.77. The van der Waals surface area contributed by atoms with Crippen LogP contribution in [0.25, 0.3) is 10.2 Å². The number of hydrogen-bond donors (Lipinski definition) is 2. The van der Waals surface area contributed by atoms with Crippen molar-refractivity contribution in [3.05, 3.63) is 52.7 Å². The number of benzene rings is 1. The number of aromatic nitrogens is 2. The van der Waals surface area contributed by atoms with Gasteiger partial charge in [-0.2, -0.15) is 0 Å². The summed E-state index contributed by atoms with van der Waals surface area (Å²) < 4.78 is 5.26. The van der Waals surface area contributed by atoms with Gasteiger partial charge in [-0.15, -0.1) is 11.3 Å². The van der Waals surface area contributed by atoms with E-state index in [9.17, 15) is 4.79 Å². The number of amides is 1. The van der Waals surface area contributed by atoms with Crippen LogP contribution in [0.15, 0.2) is 36.7 Å². The molecule has 2 aromatic heterocycles. The normalized spacial score (nSPS) is 12.1. The summed E-state index contributed by atoms with van der Waals surface area (Å²) in [6.45, 7) is 5.13. The highest BCUT2D eigenvalue weighted by Crippen LogP contribution is 2.33. The molecule has 3 aromatic rings. The zero-order valence-corrected chi connectivity index (χ0v) is 16.6. The van der Waals surface area contributed by atoms with Gasteiger partial charge in [-0.25, -0.2) is 9.97 Å². The molecule has 0 saturated heterocycles. The molecule has 27 heavy (non-hydrogen) atoms. The molecule has 1 amide bonds. The number of rotatable bonds is 8. The second-order valence-electron chi connectivity index (χ2n) is 6.33. The van der Waals surface area contributed by atoms with Gasteiger partial charge in [-0.3, -0.25) is 4.79 Å². The molecule has 0 bridgehead atoms. The SMILES string of the molecule is CCC(COC)Nc1ncnc2sc(C(=O)NCc3ccccc3)c(C)c12. The molecular formula is C20H24N4O2S. The standard InChI is InChI=1S/C20H24N4O2S/c1-4-15(11-26-3)24-18-16-13(2)17(27-20(16)23-12-22-18)19(25)21-10-14-8-6-5-7-9-14/h5-9,12,15H,4,10-11H2,1-3H3,(H,21,25)(H,22,23,24). The second-order valence-corrected chi connectivity index (χ2v) is 7.33. The number of carbonyl (C=O) groups excluding carboxylic acids is 1. The lowest BCUT2D eigenvalue weighted by atomic mass is 10.1. The number of nitrogens with one attached hydrogen (secondary N) is 2. The highest BCUT2D eigenvalue weighted by molar-refractivity contribution is 7.20. The Kier molecular flexibility index (Phi) is 6.36. The molecule has 2 heterocycles. The van der Waals surface area contributed by atoms with Gasteiger partial charge in [0, 0.05) is 13.7 Å². The Morgan fingerprint density at radius 1 is 1.26 bits per heavy atom. The highest BCUT2D eigenvalue weighted by atomic mass is 32.1. The first kappa shape index (κ1) is 19.3. The second kappa shape index (κ2) is 8.92. The maximum absolute atomic E-state index is 12.7. The van der Waals surface area contributed by atoms with Crippen LogP contribution in [0.2, 0.25) is 0 Å². The maximum Gasteiger partial charge on any atom is 0.261 e. The number of ether oxygens (including phenoxy) is 1. The van der Waals surface area contributed by atoms with E-state index in [0.29, 0.717) is 18.0 Å². The Balaban J connectivity index is 1.84. The van der Waals surface area contributed by atoms with Crippen LogP contribution in [0, 0.1) is 6.92 Å². The molecule has 0 fully saturated rings. The minimum absolute atomic E-state index is 0.0887. The topological polar surface area (TPSA) is 76.1 Å². The van der Waals surface area contributed by atoms with Gasteiger partial charge in [0.05, 0.1) is 22.9 Å². The summed E-state index contributed by atoms with van der Waals surface area (Å²) in [5, 5.41) is 7.32. The average molecular weight is 385 g/mol. The van der Waals surface area contributed by atoms with Crippen molar-refractivity contribution in [2.45, 2.75) is 32.9 Å². The van der Waals surface area contributed by atoms with Crippen LogP contribution in [-0.2, 0) is 11.3 Å². The van der Waals surface area contributed by atoms with Gasteiger partial charge in [0.2, 0.25) is 0 Å². The lowest BCUT2D eigenvalue weighted by molar-refractivity contribution is 0.0954. The van der Waals surface area contributed by atoms with Crippen molar-refractivity contribution >= 4 is 33.3 Å². The van der Waals surface area contributed by atoms with Crippen molar-refractivity contribution in [3.63, 3.8) is 0 Å². The Hall–Kier alpha value is -2.51. The third-order valence-corrected chi connectivity index (χ3v) is 5.63. The third kappa shape index (κ3) is 4.43. The molecule has 2 N–H and O–H groups in total. The van der Waals surface area contributed by atoms with Crippen LogP contribution in [0.5, 0.6) is 0 Å². The van der Waals surface area contributed by atoms with E-state index in [-0.39, 0.29) is 11.9 Å². The number of carbonyl (C=O) groups is 1. The monoisotopic (exact) mass is 384 g/mol. The number of methoxy groups -OCH3 is 1. The van der Waals surface area contributed by atoms with Gasteiger partial charge in [-0.1, -0.05) is 37.3 Å². The first-order chi connectivity index (χ1) is 13.1. The fourth-order valence-electron chi connectivity index (χ4n) is 2.91. The molecule has 1 unspecified atom stereocenters. The van der Waals surface area contributed by atoms with Crippen LogP contribution in [0.3, 0.4) is 0 Å². The fourth-order valence-corrected chi connectivity index (χ4v) is 3.98. The molecule has 0 saturated carbocycles. The lowest BCUT2D eigenvalue weighted by Gasteiger charge is -2.17. The quantitative estimate of drug-likeness (QED) is 0.618. The van der Waals surface area contributed by atoms with Crippen molar-refractivity contribution in [2.24, 2.45) is 0 Å². The summed E-state index contributed by atoms with van der Waals surface area (Å²) >= 11 is 1.39. The summed E-state index contributed by atoms with van der Waals surface area (Å²) in [5.41, 5.74) is 1.97. The van der Waals surface area contributed by atoms with Gasteiger partial charge in [0.15, 0.2) is 0 Å². The Morgan fingerprint density at radius 3 is 2.74 bits per heavy atom. The van der Waals surface area contributed by atoms with E-state index in [4.69, 9.17) is 4.74 Å². The first-order valence-corrected chi connectivity index (χ1v) is 9.77. The van der Waals surface area contributed by atoms with E-state index in [2.05, 4.69) is 27.5 Å². The van der Waals surface area contributed by atoms with E-state index in [1.165, 1.54) is 17.7 Å². The summed E-state index contributed by atoms with van der Waals surface area (Å²) in [4.78, 5) is 22.9.